The minimum atomic E-state index is -0.831. The Bertz CT molecular complexity index is 1230. The van der Waals surface area contributed by atoms with Crippen LogP contribution < -0.4 is 0 Å². The van der Waals surface area contributed by atoms with Crippen molar-refractivity contribution in [1.29, 1.82) is 0 Å². The third-order valence-corrected chi connectivity index (χ3v) is 5.39. The van der Waals surface area contributed by atoms with Gasteiger partial charge in [-0.05, 0) is 37.6 Å². The first kappa shape index (κ1) is 21.9. The van der Waals surface area contributed by atoms with Crippen LogP contribution in [0.3, 0.4) is 0 Å². The van der Waals surface area contributed by atoms with Crippen molar-refractivity contribution < 1.29 is 23.7 Å². The van der Waals surface area contributed by atoms with Crippen LogP contribution >= 0.6 is 0 Å². The second-order valence-corrected chi connectivity index (χ2v) is 7.72. The van der Waals surface area contributed by atoms with Gasteiger partial charge in [0.25, 0.3) is 11.6 Å². The number of nitro groups is 1. The smallest absolute Gasteiger partial charge is 0.338 e. The summed E-state index contributed by atoms with van der Waals surface area (Å²) in [5, 5.41) is 16.9. The van der Waals surface area contributed by atoms with Crippen molar-refractivity contribution in [3.63, 3.8) is 0 Å². The Kier molecular flexibility index (Phi) is 6.03. The SMILES string of the molecule is Cc1ccc(C2=NN(C(=O)COC(=O)c3ccc(C)c([N+](=O)[O-])c3)C(c3ccco3)C2)cc1. The fourth-order valence-electron chi connectivity index (χ4n) is 3.57. The van der Waals surface area contributed by atoms with Gasteiger partial charge in [-0.1, -0.05) is 35.9 Å². The molecule has 3 aromatic rings. The van der Waals surface area contributed by atoms with Gasteiger partial charge in [-0.25, -0.2) is 9.80 Å². The number of nitro benzene ring substituents is 1. The predicted octanol–water partition coefficient (Wildman–Crippen LogP) is 4.34. The van der Waals surface area contributed by atoms with Gasteiger partial charge in [0.2, 0.25) is 0 Å². The summed E-state index contributed by atoms with van der Waals surface area (Å²) in [4.78, 5) is 35.9. The predicted molar refractivity (Wildman–Crippen MR) is 119 cm³/mol. The van der Waals surface area contributed by atoms with E-state index in [0.717, 1.165) is 17.2 Å². The third kappa shape index (κ3) is 4.67. The maximum atomic E-state index is 12.9. The molecule has 4 rings (SSSR count). The van der Waals surface area contributed by atoms with Gasteiger partial charge in [-0.2, -0.15) is 5.10 Å². The van der Waals surface area contributed by atoms with Crippen LogP contribution in [0.4, 0.5) is 5.69 Å². The molecule has 0 radical (unpaired) electrons. The molecule has 1 atom stereocenters. The van der Waals surface area contributed by atoms with Gasteiger partial charge < -0.3 is 9.15 Å². The number of rotatable bonds is 6. The number of carbonyl (C=O) groups is 2. The van der Waals surface area contributed by atoms with E-state index >= 15 is 0 Å². The molecule has 0 bridgehead atoms. The van der Waals surface area contributed by atoms with E-state index in [-0.39, 0.29) is 11.3 Å². The highest BCUT2D eigenvalue weighted by Gasteiger charge is 2.35. The van der Waals surface area contributed by atoms with Gasteiger partial charge in [-0.3, -0.25) is 14.9 Å². The van der Waals surface area contributed by atoms with Gasteiger partial charge in [-0.15, -0.1) is 0 Å². The quantitative estimate of drug-likeness (QED) is 0.315. The van der Waals surface area contributed by atoms with Gasteiger partial charge >= 0.3 is 5.97 Å². The summed E-state index contributed by atoms with van der Waals surface area (Å²) < 4.78 is 10.7. The fraction of sp³-hybridized carbons (Fsp3) is 0.208. The molecule has 0 fully saturated rings. The summed E-state index contributed by atoms with van der Waals surface area (Å²) in [7, 11) is 0. The average Bonchev–Trinajstić information content (AvgIpc) is 3.48. The van der Waals surface area contributed by atoms with E-state index in [9.17, 15) is 19.7 Å². The Labute approximate surface area is 189 Å². The lowest BCUT2D eigenvalue weighted by Gasteiger charge is -2.19. The summed E-state index contributed by atoms with van der Waals surface area (Å²) >= 11 is 0. The Hall–Kier alpha value is -4.27. The normalized spacial score (nSPS) is 15.3. The molecule has 1 aromatic heterocycles. The van der Waals surface area contributed by atoms with Crippen molar-refractivity contribution >= 4 is 23.3 Å². The topological polar surface area (TPSA) is 115 Å². The summed E-state index contributed by atoms with van der Waals surface area (Å²) in [5.74, 6) is -0.800. The van der Waals surface area contributed by atoms with E-state index in [4.69, 9.17) is 9.15 Å². The number of hydrazone groups is 1. The number of carbonyl (C=O) groups excluding carboxylic acids is 2. The van der Waals surface area contributed by atoms with Gasteiger partial charge in [0.15, 0.2) is 6.61 Å². The zero-order valence-electron chi connectivity index (χ0n) is 18.1. The van der Waals surface area contributed by atoms with Crippen LogP contribution in [0.15, 0.2) is 70.4 Å². The Morgan fingerprint density at radius 1 is 1.18 bits per heavy atom. The molecule has 2 heterocycles. The van der Waals surface area contributed by atoms with Gasteiger partial charge in [0.1, 0.15) is 11.8 Å². The molecule has 9 heteroatoms. The molecule has 9 nitrogen and oxygen atoms in total. The molecule has 1 amide bonds. The fourth-order valence-corrected chi connectivity index (χ4v) is 3.57. The highest BCUT2D eigenvalue weighted by Crippen LogP contribution is 2.33. The van der Waals surface area contributed by atoms with Crippen molar-refractivity contribution in [2.45, 2.75) is 26.3 Å². The lowest BCUT2D eigenvalue weighted by atomic mass is 10.0. The van der Waals surface area contributed by atoms with Crippen LogP contribution in [-0.4, -0.2) is 34.1 Å². The number of hydrogen-bond donors (Lipinski definition) is 0. The molecule has 0 saturated heterocycles. The van der Waals surface area contributed by atoms with Crippen LogP contribution in [0.1, 0.15) is 45.3 Å². The van der Waals surface area contributed by atoms with E-state index in [0.29, 0.717) is 23.5 Å². The molecule has 1 aliphatic heterocycles. The standard InChI is InChI=1S/C24H21N3O6/c1-15-5-8-17(9-6-15)19-13-21(22-4-3-11-32-22)26(25-19)23(28)14-33-24(29)18-10-7-16(2)20(12-18)27(30)31/h3-12,21H,13-14H2,1-2H3. The highest BCUT2D eigenvalue weighted by molar-refractivity contribution is 6.03. The molecule has 168 valence electrons. The number of esters is 1. The Morgan fingerprint density at radius 3 is 2.61 bits per heavy atom. The molecular weight excluding hydrogens is 426 g/mol. The molecular formula is C24H21N3O6. The van der Waals surface area contributed by atoms with Crippen LogP contribution in [0.2, 0.25) is 0 Å². The first-order chi connectivity index (χ1) is 15.8. The van der Waals surface area contributed by atoms with E-state index in [1.165, 1.54) is 23.4 Å². The minimum absolute atomic E-state index is 0.00653. The summed E-state index contributed by atoms with van der Waals surface area (Å²) in [6.07, 6.45) is 1.96. The number of hydrogen-bond acceptors (Lipinski definition) is 7. The molecule has 0 N–H and O–H groups in total. The van der Waals surface area contributed by atoms with Crippen molar-refractivity contribution in [3.8, 4) is 0 Å². The number of nitrogens with zero attached hydrogens (tertiary/aromatic N) is 3. The van der Waals surface area contributed by atoms with E-state index in [1.807, 2.05) is 31.2 Å². The lowest BCUT2D eigenvalue weighted by molar-refractivity contribution is -0.385. The number of amides is 1. The zero-order valence-corrected chi connectivity index (χ0v) is 18.1. The van der Waals surface area contributed by atoms with Crippen molar-refractivity contribution in [3.05, 3.63) is 99.0 Å². The average molecular weight is 447 g/mol. The highest BCUT2D eigenvalue weighted by atomic mass is 16.6. The summed E-state index contributed by atoms with van der Waals surface area (Å²) in [6, 6.07) is 14.8. The molecule has 33 heavy (non-hydrogen) atoms. The molecule has 1 aliphatic rings. The van der Waals surface area contributed by atoms with Crippen LogP contribution in [0.5, 0.6) is 0 Å². The van der Waals surface area contributed by atoms with Crippen molar-refractivity contribution in [1.82, 2.24) is 5.01 Å². The Balaban J connectivity index is 1.51. The second kappa shape index (κ2) is 9.07. The minimum Gasteiger partial charge on any atom is -0.467 e. The lowest BCUT2D eigenvalue weighted by Crippen LogP contribution is -2.31. The molecule has 2 aromatic carbocycles. The van der Waals surface area contributed by atoms with E-state index in [2.05, 4.69) is 5.10 Å². The first-order valence-electron chi connectivity index (χ1n) is 10.3. The van der Waals surface area contributed by atoms with Crippen LogP contribution in [-0.2, 0) is 9.53 Å². The molecule has 0 aliphatic carbocycles. The van der Waals surface area contributed by atoms with Crippen molar-refractivity contribution in [2.24, 2.45) is 5.10 Å². The zero-order chi connectivity index (χ0) is 23.5. The number of furan rings is 1. The molecule has 0 saturated carbocycles. The maximum absolute atomic E-state index is 12.9. The molecule has 1 unspecified atom stereocenters. The van der Waals surface area contributed by atoms with E-state index in [1.54, 1.807) is 19.1 Å². The summed E-state index contributed by atoms with van der Waals surface area (Å²) in [5.41, 5.74) is 2.93. The largest absolute Gasteiger partial charge is 0.467 e. The monoisotopic (exact) mass is 447 g/mol. The van der Waals surface area contributed by atoms with Gasteiger partial charge in [0, 0.05) is 18.1 Å². The van der Waals surface area contributed by atoms with Crippen LogP contribution in [0.25, 0.3) is 0 Å². The van der Waals surface area contributed by atoms with Crippen molar-refractivity contribution in [2.75, 3.05) is 6.61 Å². The third-order valence-electron chi connectivity index (χ3n) is 5.39. The van der Waals surface area contributed by atoms with Crippen LogP contribution in [0, 0.1) is 24.0 Å². The van der Waals surface area contributed by atoms with Gasteiger partial charge in [0.05, 0.1) is 22.5 Å². The molecule has 0 spiro atoms. The maximum Gasteiger partial charge on any atom is 0.338 e. The first-order valence-corrected chi connectivity index (χ1v) is 10.3. The summed E-state index contributed by atoms with van der Waals surface area (Å²) in [6.45, 7) is 2.99. The second-order valence-electron chi connectivity index (χ2n) is 7.72. The Morgan fingerprint density at radius 2 is 1.94 bits per heavy atom. The number of aryl methyl sites for hydroxylation is 2. The van der Waals surface area contributed by atoms with E-state index < -0.39 is 29.4 Å². The number of benzene rings is 2. The number of ether oxygens (including phenoxy) is 1.